The number of hydrogen-bond acceptors (Lipinski definition) is 6. The van der Waals surface area contributed by atoms with Crippen molar-refractivity contribution >= 4 is 28.6 Å². The molecule has 8 heteroatoms. The number of likely N-dealkylation sites (N-methyl/N-ethyl adjacent to an activating group) is 1. The SMILES string of the molecule is CCN1CCN(C(=O)c2ccc(Nc3ncc4cnn(C5CCCCCC5)c4n3)cc2)CC1. The average molecular weight is 448 g/mol. The Labute approximate surface area is 195 Å². The van der Waals surface area contributed by atoms with Crippen LogP contribution in [0.15, 0.2) is 36.7 Å². The Balaban J connectivity index is 1.27. The largest absolute Gasteiger partial charge is 0.336 e. The minimum atomic E-state index is 0.0993. The summed E-state index contributed by atoms with van der Waals surface area (Å²) in [6, 6.07) is 8.02. The second-order valence-electron chi connectivity index (χ2n) is 9.14. The third kappa shape index (κ3) is 4.85. The number of benzene rings is 1. The fraction of sp³-hybridized carbons (Fsp3) is 0.520. The molecule has 2 aromatic heterocycles. The highest BCUT2D eigenvalue weighted by Crippen LogP contribution is 2.29. The molecule has 1 aromatic carbocycles. The van der Waals surface area contributed by atoms with E-state index in [0.717, 1.165) is 62.3 Å². The van der Waals surface area contributed by atoms with Crippen LogP contribution in [0.5, 0.6) is 0 Å². The van der Waals surface area contributed by atoms with Crippen molar-refractivity contribution in [3.05, 3.63) is 42.2 Å². The molecule has 33 heavy (non-hydrogen) atoms. The van der Waals surface area contributed by atoms with Crippen molar-refractivity contribution in [2.24, 2.45) is 0 Å². The maximum absolute atomic E-state index is 12.8. The van der Waals surface area contributed by atoms with Crippen LogP contribution in [0.1, 0.15) is 61.8 Å². The van der Waals surface area contributed by atoms with E-state index in [1.54, 1.807) is 0 Å². The minimum Gasteiger partial charge on any atom is -0.336 e. The van der Waals surface area contributed by atoms with E-state index in [-0.39, 0.29) is 5.91 Å². The molecular formula is C25H33N7O. The summed E-state index contributed by atoms with van der Waals surface area (Å²) in [7, 11) is 0. The van der Waals surface area contributed by atoms with Gasteiger partial charge in [0.05, 0.1) is 17.6 Å². The molecular weight excluding hydrogens is 414 g/mol. The first-order valence-electron chi connectivity index (χ1n) is 12.3. The van der Waals surface area contributed by atoms with E-state index in [1.165, 1.54) is 25.7 Å². The first-order chi connectivity index (χ1) is 16.2. The third-order valence-electron chi connectivity index (χ3n) is 7.00. The predicted octanol–water partition coefficient (Wildman–Crippen LogP) is 4.24. The van der Waals surface area contributed by atoms with Crippen LogP contribution in [0.4, 0.5) is 11.6 Å². The lowest BCUT2D eigenvalue weighted by Crippen LogP contribution is -2.48. The number of nitrogens with zero attached hydrogens (tertiary/aromatic N) is 6. The first kappa shape index (κ1) is 21.8. The summed E-state index contributed by atoms with van der Waals surface area (Å²) in [6.45, 7) is 6.66. The van der Waals surface area contributed by atoms with Gasteiger partial charge in [-0.05, 0) is 43.7 Å². The molecule has 1 saturated heterocycles. The lowest BCUT2D eigenvalue weighted by atomic mass is 10.1. The van der Waals surface area contributed by atoms with Gasteiger partial charge in [0, 0.05) is 43.6 Å². The monoisotopic (exact) mass is 447 g/mol. The van der Waals surface area contributed by atoms with E-state index in [2.05, 4.69) is 31.9 Å². The molecule has 0 bridgehead atoms. The summed E-state index contributed by atoms with van der Waals surface area (Å²) < 4.78 is 2.09. The molecule has 3 aromatic rings. The van der Waals surface area contributed by atoms with Gasteiger partial charge < -0.3 is 15.1 Å². The van der Waals surface area contributed by atoms with Crippen LogP contribution in [0, 0.1) is 0 Å². The summed E-state index contributed by atoms with van der Waals surface area (Å²) in [5.74, 6) is 0.648. The molecule has 0 radical (unpaired) electrons. The summed E-state index contributed by atoms with van der Waals surface area (Å²) >= 11 is 0. The molecule has 2 aliphatic rings. The second kappa shape index (κ2) is 9.87. The van der Waals surface area contributed by atoms with Crippen molar-refractivity contribution in [1.82, 2.24) is 29.5 Å². The highest BCUT2D eigenvalue weighted by molar-refractivity contribution is 5.94. The van der Waals surface area contributed by atoms with Gasteiger partial charge in [-0.15, -0.1) is 0 Å². The molecule has 0 spiro atoms. The normalized spacial score (nSPS) is 18.4. The van der Waals surface area contributed by atoms with Gasteiger partial charge in [0.25, 0.3) is 5.91 Å². The van der Waals surface area contributed by atoms with E-state index in [4.69, 9.17) is 4.98 Å². The van der Waals surface area contributed by atoms with Gasteiger partial charge in [-0.2, -0.15) is 10.1 Å². The van der Waals surface area contributed by atoms with Gasteiger partial charge in [-0.3, -0.25) is 4.79 Å². The number of amides is 1. The van der Waals surface area contributed by atoms with Crippen LogP contribution in [0.3, 0.4) is 0 Å². The van der Waals surface area contributed by atoms with Gasteiger partial charge in [-0.1, -0.05) is 32.6 Å². The highest BCUT2D eigenvalue weighted by atomic mass is 16.2. The maximum Gasteiger partial charge on any atom is 0.253 e. The molecule has 5 rings (SSSR count). The number of fused-ring (bicyclic) bond motifs is 1. The van der Waals surface area contributed by atoms with Gasteiger partial charge in [-0.25, -0.2) is 9.67 Å². The summed E-state index contributed by atoms with van der Waals surface area (Å²) in [5.41, 5.74) is 2.47. The highest BCUT2D eigenvalue weighted by Gasteiger charge is 2.21. The van der Waals surface area contributed by atoms with E-state index in [1.807, 2.05) is 41.6 Å². The Bertz CT molecular complexity index is 1080. The Hall–Kier alpha value is -3.00. The van der Waals surface area contributed by atoms with Crippen molar-refractivity contribution in [3.8, 4) is 0 Å². The quantitative estimate of drug-likeness (QED) is 0.589. The summed E-state index contributed by atoms with van der Waals surface area (Å²) in [5, 5.41) is 8.89. The number of hydrogen-bond donors (Lipinski definition) is 1. The smallest absolute Gasteiger partial charge is 0.253 e. The number of anilines is 2. The van der Waals surface area contributed by atoms with Crippen molar-refractivity contribution in [3.63, 3.8) is 0 Å². The van der Waals surface area contributed by atoms with Gasteiger partial charge in [0.1, 0.15) is 0 Å². The van der Waals surface area contributed by atoms with Crippen molar-refractivity contribution in [2.45, 2.75) is 51.5 Å². The number of carbonyl (C=O) groups is 1. The lowest BCUT2D eigenvalue weighted by Gasteiger charge is -2.34. The number of rotatable bonds is 5. The van der Waals surface area contributed by atoms with Crippen LogP contribution in [0.25, 0.3) is 11.0 Å². The zero-order valence-electron chi connectivity index (χ0n) is 19.4. The lowest BCUT2D eigenvalue weighted by molar-refractivity contribution is 0.0643. The topological polar surface area (TPSA) is 79.2 Å². The van der Waals surface area contributed by atoms with Crippen LogP contribution in [-0.2, 0) is 0 Å². The van der Waals surface area contributed by atoms with E-state index >= 15 is 0 Å². The minimum absolute atomic E-state index is 0.0993. The fourth-order valence-corrected chi connectivity index (χ4v) is 4.94. The molecule has 0 atom stereocenters. The molecule has 3 heterocycles. The number of carbonyl (C=O) groups excluding carboxylic acids is 1. The Morgan fingerprint density at radius 2 is 1.73 bits per heavy atom. The van der Waals surface area contributed by atoms with E-state index in [0.29, 0.717) is 17.6 Å². The fourth-order valence-electron chi connectivity index (χ4n) is 4.94. The van der Waals surface area contributed by atoms with Gasteiger partial charge in [0.15, 0.2) is 5.65 Å². The van der Waals surface area contributed by atoms with Gasteiger partial charge in [0.2, 0.25) is 5.95 Å². The molecule has 0 unspecified atom stereocenters. The van der Waals surface area contributed by atoms with Gasteiger partial charge >= 0.3 is 0 Å². The van der Waals surface area contributed by atoms with Crippen molar-refractivity contribution < 1.29 is 4.79 Å². The first-order valence-corrected chi connectivity index (χ1v) is 12.3. The third-order valence-corrected chi connectivity index (χ3v) is 7.00. The Morgan fingerprint density at radius 1 is 1.00 bits per heavy atom. The van der Waals surface area contributed by atoms with Crippen LogP contribution in [-0.4, -0.2) is 68.2 Å². The Morgan fingerprint density at radius 3 is 2.42 bits per heavy atom. The molecule has 1 N–H and O–H groups in total. The summed E-state index contributed by atoms with van der Waals surface area (Å²) in [6.07, 6.45) is 11.1. The number of nitrogens with one attached hydrogen (secondary N) is 1. The molecule has 8 nitrogen and oxygen atoms in total. The number of aromatic nitrogens is 4. The van der Waals surface area contributed by atoms with E-state index in [9.17, 15) is 4.79 Å². The zero-order valence-corrected chi connectivity index (χ0v) is 19.4. The van der Waals surface area contributed by atoms with Crippen LogP contribution in [0.2, 0.25) is 0 Å². The Kier molecular flexibility index (Phi) is 6.53. The molecule has 1 saturated carbocycles. The molecule has 1 aliphatic carbocycles. The summed E-state index contributed by atoms with van der Waals surface area (Å²) in [4.78, 5) is 26.4. The predicted molar refractivity (Wildman–Crippen MR) is 130 cm³/mol. The van der Waals surface area contributed by atoms with Crippen LogP contribution < -0.4 is 5.32 Å². The molecule has 174 valence electrons. The standard InChI is InChI=1S/C25H33N7O/c1-2-30-13-15-31(16-14-30)24(33)19-9-11-21(12-10-19)28-25-26-17-20-18-27-32(23(20)29-25)22-7-5-3-4-6-8-22/h9-12,17-18,22H,2-8,13-16H2,1H3,(H,26,28,29). The average Bonchev–Trinajstić information content (AvgIpc) is 3.09. The van der Waals surface area contributed by atoms with E-state index < -0.39 is 0 Å². The maximum atomic E-state index is 12.8. The molecule has 1 aliphatic heterocycles. The second-order valence-corrected chi connectivity index (χ2v) is 9.14. The zero-order chi connectivity index (χ0) is 22.6. The van der Waals surface area contributed by atoms with Crippen molar-refractivity contribution in [2.75, 3.05) is 38.0 Å². The van der Waals surface area contributed by atoms with Crippen LogP contribution >= 0.6 is 0 Å². The molecule has 1 amide bonds. The molecule has 2 fully saturated rings. The number of piperazine rings is 1. The van der Waals surface area contributed by atoms with Crippen molar-refractivity contribution in [1.29, 1.82) is 0 Å².